The quantitative estimate of drug-likeness (QED) is 0.734. The van der Waals surface area contributed by atoms with Crippen molar-refractivity contribution in [1.29, 1.82) is 0 Å². The van der Waals surface area contributed by atoms with Crippen LogP contribution in [0.5, 0.6) is 0 Å². The van der Waals surface area contributed by atoms with Crippen LogP contribution in [0.1, 0.15) is 34.1 Å². The van der Waals surface area contributed by atoms with Crippen molar-refractivity contribution in [2.75, 3.05) is 13.1 Å². The molecule has 0 aliphatic heterocycles. The maximum atomic E-state index is 11.5. The summed E-state index contributed by atoms with van der Waals surface area (Å²) in [4.78, 5) is 11.5. The van der Waals surface area contributed by atoms with E-state index in [4.69, 9.17) is 4.74 Å². The number of hydrogen-bond donors (Lipinski definition) is 2. The van der Waals surface area contributed by atoms with Crippen LogP contribution < -0.4 is 10.6 Å². The minimum Gasteiger partial charge on any atom is -0.444 e. The van der Waals surface area contributed by atoms with Crippen molar-refractivity contribution < 1.29 is 9.53 Å². The lowest BCUT2D eigenvalue weighted by atomic mass is 10.2. The Balaban J connectivity index is 2.05. The summed E-state index contributed by atoms with van der Waals surface area (Å²) in [6, 6.07) is 0.193. The van der Waals surface area contributed by atoms with E-state index in [1.807, 2.05) is 33.9 Å². The van der Waals surface area contributed by atoms with E-state index in [0.29, 0.717) is 6.54 Å². The van der Waals surface area contributed by atoms with Crippen LogP contribution in [-0.4, -0.2) is 45.8 Å². The molecule has 0 aliphatic carbocycles. The zero-order chi connectivity index (χ0) is 15.0. The summed E-state index contributed by atoms with van der Waals surface area (Å²) < 4.78 is 6.96. The predicted octanol–water partition coefficient (Wildman–Crippen LogP) is 1.17. The standard InChI is InChI=1S/C13H25N5O2/c1-11(10-15-12(19)20-13(2,3)4)14-6-5-8-18-9-7-16-17-18/h7,9,11,14H,5-6,8,10H2,1-4H3,(H,15,19). The highest BCUT2D eigenvalue weighted by Gasteiger charge is 2.16. The highest BCUT2D eigenvalue weighted by molar-refractivity contribution is 5.67. The molecule has 114 valence electrons. The van der Waals surface area contributed by atoms with Crippen molar-refractivity contribution in [3.63, 3.8) is 0 Å². The largest absolute Gasteiger partial charge is 0.444 e. The molecule has 1 aromatic rings. The Morgan fingerprint density at radius 1 is 1.45 bits per heavy atom. The first-order valence-corrected chi connectivity index (χ1v) is 6.91. The molecule has 0 radical (unpaired) electrons. The highest BCUT2D eigenvalue weighted by atomic mass is 16.6. The van der Waals surface area contributed by atoms with Crippen molar-refractivity contribution in [2.24, 2.45) is 0 Å². The Kier molecular flexibility index (Phi) is 6.44. The van der Waals surface area contributed by atoms with Gasteiger partial charge in [0.15, 0.2) is 0 Å². The Morgan fingerprint density at radius 2 is 2.20 bits per heavy atom. The Bertz CT molecular complexity index is 386. The number of amides is 1. The molecule has 0 bridgehead atoms. The van der Waals surface area contributed by atoms with Crippen molar-refractivity contribution in [3.8, 4) is 0 Å². The van der Waals surface area contributed by atoms with E-state index in [1.165, 1.54) is 0 Å². The molecule has 1 rings (SSSR count). The number of nitrogens with zero attached hydrogens (tertiary/aromatic N) is 3. The normalized spacial score (nSPS) is 13.0. The van der Waals surface area contributed by atoms with Crippen LogP contribution in [0.25, 0.3) is 0 Å². The molecule has 7 heteroatoms. The smallest absolute Gasteiger partial charge is 0.407 e. The third-order valence-corrected chi connectivity index (χ3v) is 2.48. The maximum absolute atomic E-state index is 11.5. The second kappa shape index (κ2) is 7.84. The van der Waals surface area contributed by atoms with Gasteiger partial charge >= 0.3 is 6.09 Å². The average Bonchev–Trinajstić information content (AvgIpc) is 2.83. The van der Waals surface area contributed by atoms with Gasteiger partial charge in [-0.15, -0.1) is 5.10 Å². The van der Waals surface area contributed by atoms with Gasteiger partial charge in [-0.3, -0.25) is 4.68 Å². The van der Waals surface area contributed by atoms with E-state index < -0.39 is 5.60 Å². The van der Waals surface area contributed by atoms with Crippen LogP contribution in [0.3, 0.4) is 0 Å². The minimum absolute atomic E-state index is 0.193. The second-order valence-corrected chi connectivity index (χ2v) is 5.76. The van der Waals surface area contributed by atoms with Crippen LogP contribution in [-0.2, 0) is 11.3 Å². The summed E-state index contributed by atoms with van der Waals surface area (Å²) in [6.07, 6.45) is 4.09. The molecule has 7 nitrogen and oxygen atoms in total. The number of aromatic nitrogens is 3. The summed E-state index contributed by atoms with van der Waals surface area (Å²) in [5, 5.41) is 13.7. The number of nitrogens with one attached hydrogen (secondary N) is 2. The lowest BCUT2D eigenvalue weighted by Gasteiger charge is -2.21. The van der Waals surface area contributed by atoms with Crippen LogP contribution in [0.15, 0.2) is 12.4 Å². The van der Waals surface area contributed by atoms with Gasteiger partial charge in [0.25, 0.3) is 0 Å². The van der Waals surface area contributed by atoms with E-state index in [9.17, 15) is 4.79 Å². The fourth-order valence-electron chi connectivity index (χ4n) is 1.56. The second-order valence-electron chi connectivity index (χ2n) is 5.76. The van der Waals surface area contributed by atoms with Crippen molar-refractivity contribution in [3.05, 3.63) is 12.4 Å². The molecule has 0 saturated heterocycles. The first-order valence-electron chi connectivity index (χ1n) is 6.91. The Morgan fingerprint density at radius 3 is 2.80 bits per heavy atom. The molecular weight excluding hydrogens is 258 g/mol. The molecule has 0 aromatic carbocycles. The molecule has 0 saturated carbocycles. The van der Waals surface area contributed by atoms with Crippen LogP contribution in [0.2, 0.25) is 0 Å². The van der Waals surface area contributed by atoms with Gasteiger partial charge in [-0.2, -0.15) is 0 Å². The molecule has 2 N–H and O–H groups in total. The summed E-state index contributed by atoms with van der Waals surface area (Å²) in [5.41, 5.74) is -0.460. The number of aryl methyl sites for hydroxylation is 1. The number of carbonyl (C=O) groups is 1. The zero-order valence-corrected chi connectivity index (χ0v) is 12.7. The predicted molar refractivity (Wildman–Crippen MR) is 76.3 cm³/mol. The third-order valence-electron chi connectivity index (χ3n) is 2.48. The van der Waals surface area contributed by atoms with E-state index in [-0.39, 0.29) is 12.1 Å². The molecule has 1 aromatic heterocycles. The van der Waals surface area contributed by atoms with Gasteiger partial charge in [0.2, 0.25) is 0 Å². The van der Waals surface area contributed by atoms with Crippen molar-refractivity contribution in [1.82, 2.24) is 25.6 Å². The van der Waals surface area contributed by atoms with E-state index in [0.717, 1.165) is 19.5 Å². The van der Waals surface area contributed by atoms with Crippen LogP contribution >= 0.6 is 0 Å². The van der Waals surface area contributed by atoms with Gasteiger partial charge in [-0.1, -0.05) is 5.21 Å². The van der Waals surface area contributed by atoms with Crippen LogP contribution in [0, 0.1) is 0 Å². The van der Waals surface area contributed by atoms with E-state index >= 15 is 0 Å². The summed E-state index contributed by atoms with van der Waals surface area (Å²) in [5.74, 6) is 0. The van der Waals surface area contributed by atoms with Gasteiger partial charge < -0.3 is 15.4 Å². The fraction of sp³-hybridized carbons (Fsp3) is 0.769. The van der Waals surface area contributed by atoms with Gasteiger partial charge in [0.05, 0.1) is 6.20 Å². The molecular formula is C13H25N5O2. The van der Waals surface area contributed by atoms with E-state index in [2.05, 4.69) is 20.9 Å². The minimum atomic E-state index is -0.460. The molecule has 0 spiro atoms. The number of hydrogen-bond acceptors (Lipinski definition) is 5. The fourth-order valence-corrected chi connectivity index (χ4v) is 1.56. The lowest BCUT2D eigenvalue weighted by Crippen LogP contribution is -2.41. The Hall–Kier alpha value is -1.63. The summed E-state index contributed by atoms with van der Waals surface area (Å²) >= 11 is 0. The van der Waals surface area contributed by atoms with Gasteiger partial charge in [-0.25, -0.2) is 4.79 Å². The molecule has 1 unspecified atom stereocenters. The van der Waals surface area contributed by atoms with Gasteiger partial charge in [0, 0.05) is 25.3 Å². The zero-order valence-electron chi connectivity index (χ0n) is 12.7. The average molecular weight is 283 g/mol. The number of ether oxygens (including phenoxy) is 1. The molecule has 0 fully saturated rings. The summed E-state index contributed by atoms with van der Waals surface area (Å²) in [7, 11) is 0. The lowest BCUT2D eigenvalue weighted by molar-refractivity contribution is 0.0523. The highest BCUT2D eigenvalue weighted by Crippen LogP contribution is 2.06. The molecule has 20 heavy (non-hydrogen) atoms. The third kappa shape index (κ3) is 7.73. The first-order chi connectivity index (χ1) is 9.37. The van der Waals surface area contributed by atoms with Gasteiger partial charge in [-0.05, 0) is 40.7 Å². The van der Waals surface area contributed by atoms with Gasteiger partial charge in [0.1, 0.15) is 5.60 Å². The van der Waals surface area contributed by atoms with E-state index in [1.54, 1.807) is 10.9 Å². The summed E-state index contributed by atoms with van der Waals surface area (Å²) in [6.45, 7) is 9.79. The molecule has 1 atom stereocenters. The number of rotatable bonds is 7. The SMILES string of the molecule is CC(CNC(=O)OC(C)(C)C)NCCCn1ccnn1. The van der Waals surface area contributed by atoms with Crippen LogP contribution in [0.4, 0.5) is 4.79 Å². The molecule has 1 heterocycles. The maximum Gasteiger partial charge on any atom is 0.407 e. The number of carbonyl (C=O) groups excluding carboxylic acids is 1. The topological polar surface area (TPSA) is 81.1 Å². The molecule has 0 aliphatic rings. The first kappa shape index (κ1) is 16.4. The molecule has 1 amide bonds. The monoisotopic (exact) mass is 283 g/mol. The van der Waals surface area contributed by atoms with Crippen molar-refractivity contribution >= 4 is 6.09 Å². The Labute approximate surface area is 120 Å². The number of alkyl carbamates (subject to hydrolysis) is 1. The van der Waals surface area contributed by atoms with Crippen molar-refractivity contribution in [2.45, 2.75) is 52.3 Å².